The second-order valence-corrected chi connectivity index (χ2v) is 5.75. The predicted octanol–water partition coefficient (Wildman–Crippen LogP) is 4.33. The molecule has 0 amide bonds. The molecule has 1 heterocycles. The number of benzene rings is 2. The molecule has 1 nitrogen and oxygen atoms in total. The van der Waals surface area contributed by atoms with E-state index in [0.717, 1.165) is 18.4 Å². The van der Waals surface area contributed by atoms with Crippen LogP contribution in [-0.4, -0.2) is 13.1 Å². The zero-order valence-electron chi connectivity index (χ0n) is 11.7. The molecule has 2 aromatic carbocycles. The first kappa shape index (κ1) is 12.7. The number of piperidine rings is 1. The molecule has 3 rings (SSSR count). The Bertz CT molecular complexity index is 544. The molecule has 1 aliphatic rings. The van der Waals surface area contributed by atoms with Crippen LogP contribution < -0.4 is 5.32 Å². The summed E-state index contributed by atoms with van der Waals surface area (Å²) < 4.78 is 0. The van der Waals surface area contributed by atoms with Crippen molar-refractivity contribution in [1.29, 1.82) is 0 Å². The Balaban J connectivity index is 1.92. The van der Waals surface area contributed by atoms with Crippen LogP contribution in [0.2, 0.25) is 0 Å². The van der Waals surface area contributed by atoms with E-state index < -0.39 is 0 Å². The first-order valence-electron chi connectivity index (χ1n) is 7.58. The van der Waals surface area contributed by atoms with E-state index >= 15 is 0 Å². The summed E-state index contributed by atoms with van der Waals surface area (Å²) in [5.74, 6) is 1.55. The van der Waals surface area contributed by atoms with Gasteiger partial charge in [0.2, 0.25) is 0 Å². The topological polar surface area (TPSA) is 12.0 Å². The van der Waals surface area contributed by atoms with Gasteiger partial charge in [0, 0.05) is 0 Å². The summed E-state index contributed by atoms with van der Waals surface area (Å²) >= 11 is 0. The summed E-state index contributed by atoms with van der Waals surface area (Å²) in [6.45, 7) is 4.65. The average Bonchev–Trinajstić information content (AvgIpc) is 2.48. The molecule has 2 atom stereocenters. The average molecular weight is 253 g/mol. The van der Waals surface area contributed by atoms with Gasteiger partial charge in [-0.3, -0.25) is 0 Å². The Hall–Kier alpha value is -1.34. The Morgan fingerprint density at radius 2 is 1.95 bits per heavy atom. The molecule has 1 saturated heterocycles. The fraction of sp³-hybridized carbons (Fsp3) is 0.444. The molecule has 1 N–H and O–H groups in total. The Morgan fingerprint density at radius 3 is 2.79 bits per heavy atom. The SMILES string of the molecule is CCCC1CNCCC1c1ccc2ccccc2c1. The molecular formula is C18H23N. The van der Waals surface area contributed by atoms with E-state index in [4.69, 9.17) is 0 Å². The van der Waals surface area contributed by atoms with Gasteiger partial charge < -0.3 is 5.32 Å². The lowest BCUT2D eigenvalue weighted by molar-refractivity contribution is 0.307. The molecule has 0 saturated carbocycles. The molecule has 2 aromatic rings. The molecule has 0 spiro atoms. The zero-order valence-corrected chi connectivity index (χ0v) is 11.7. The van der Waals surface area contributed by atoms with Crippen LogP contribution in [-0.2, 0) is 0 Å². The second kappa shape index (κ2) is 5.75. The summed E-state index contributed by atoms with van der Waals surface area (Å²) in [6, 6.07) is 15.7. The first-order chi connectivity index (χ1) is 9.38. The lowest BCUT2D eigenvalue weighted by atomic mass is 9.78. The van der Waals surface area contributed by atoms with E-state index in [9.17, 15) is 0 Å². The van der Waals surface area contributed by atoms with E-state index in [2.05, 4.69) is 54.7 Å². The third-order valence-corrected chi connectivity index (χ3v) is 4.47. The summed E-state index contributed by atoms with van der Waals surface area (Å²) in [7, 11) is 0. The minimum absolute atomic E-state index is 0.741. The first-order valence-corrected chi connectivity index (χ1v) is 7.58. The van der Waals surface area contributed by atoms with Crippen molar-refractivity contribution in [2.75, 3.05) is 13.1 Å². The normalized spacial score (nSPS) is 23.6. The van der Waals surface area contributed by atoms with Gasteiger partial charge >= 0.3 is 0 Å². The number of hydrogen-bond acceptors (Lipinski definition) is 1. The molecular weight excluding hydrogens is 230 g/mol. The quantitative estimate of drug-likeness (QED) is 0.858. The highest BCUT2D eigenvalue weighted by Crippen LogP contribution is 2.34. The number of fused-ring (bicyclic) bond motifs is 1. The molecule has 0 radical (unpaired) electrons. The van der Waals surface area contributed by atoms with Gasteiger partial charge in [-0.15, -0.1) is 0 Å². The van der Waals surface area contributed by atoms with Gasteiger partial charge in [-0.2, -0.15) is 0 Å². The van der Waals surface area contributed by atoms with E-state index in [0.29, 0.717) is 0 Å². The van der Waals surface area contributed by atoms with Crippen molar-refractivity contribution in [3.63, 3.8) is 0 Å². The lowest BCUT2D eigenvalue weighted by Gasteiger charge is -2.32. The summed E-state index contributed by atoms with van der Waals surface area (Å²) in [5, 5.41) is 6.29. The van der Waals surface area contributed by atoms with Crippen molar-refractivity contribution in [2.45, 2.75) is 32.1 Å². The molecule has 1 aliphatic heterocycles. The Morgan fingerprint density at radius 1 is 1.11 bits per heavy atom. The van der Waals surface area contributed by atoms with Crippen LogP contribution in [0.5, 0.6) is 0 Å². The van der Waals surface area contributed by atoms with Gasteiger partial charge in [-0.1, -0.05) is 55.8 Å². The maximum atomic E-state index is 3.56. The summed E-state index contributed by atoms with van der Waals surface area (Å²) in [6.07, 6.45) is 3.91. The molecule has 1 heteroatoms. The van der Waals surface area contributed by atoms with Gasteiger partial charge in [0.15, 0.2) is 0 Å². The highest BCUT2D eigenvalue weighted by Gasteiger charge is 2.25. The zero-order chi connectivity index (χ0) is 13.1. The van der Waals surface area contributed by atoms with Crippen molar-refractivity contribution in [3.05, 3.63) is 48.0 Å². The third-order valence-electron chi connectivity index (χ3n) is 4.47. The molecule has 100 valence electrons. The van der Waals surface area contributed by atoms with E-state index in [1.165, 1.54) is 36.6 Å². The number of rotatable bonds is 3. The maximum absolute atomic E-state index is 3.56. The van der Waals surface area contributed by atoms with Crippen molar-refractivity contribution in [3.8, 4) is 0 Å². The van der Waals surface area contributed by atoms with E-state index in [1.54, 1.807) is 5.56 Å². The minimum Gasteiger partial charge on any atom is -0.316 e. The highest BCUT2D eigenvalue weighted by molar-refractivity contribution is 5.83. The molecule has 1 fully saturated rings. The standard InChI is InChI=1S/C18H23N/c1-2-5-17-13-19-11-10-18(17)16-9-8-14-6-3-4-7-15(14)12-16/h3-4,6-9,12,17-19H,2,5,10-11,13H2,1H3. The molecule has 19 heavy (non-hydrogen) atoms. The van der Waals surface area contributed by atoms with Gasteiger partial charge in [0.25, 0.3) is 0 Å². The monoisotopic (exact) mass is 253 g/mol. The van der Waals surface area contributed by atoms with E-state index in [1.807, 2.05) is 0 Å². The third kappa shape index (κ3) is 2.66. The van der Waals surface area contributed by atoms with Crippen molar-refractivity contribution >= 4 is 10.8 Å². The fourth-order valence-corrected chi connectivity index (χ4v) is 3.47. The van der Waals surface area contributed by atoms with Crippen LogP contribution in [0.15, 0.2) is 42.5 Å². The van der Waals surface area contributed by atoms with Crippen LogP contribution in [0, 0.1) is 5.92 Å². The summed E-state index contributed by atoms with van der Waals surface area (Å²) in [4.78, 5) is 0. The van der Waals surface area contributed by atoms with Gasteiger partial charge in [0.1, 0.15) is 0 Å². The summed E-state index contributed by atoms with van der Waals surface area (Å²) in [5.41, 5.74) is 1.54. The Labute approximate surface area is 116 Å². The smallest absolute Gasteiger partial charge is 0.00147 e. The molecule has 2 unspecified atom stereocenters. The number of nitrogens with one attached hydrogen (secondary N) is 1. The molecule has 0 aliphatic carbocycles. The van der Waals surface area contributed by atoms with Crippen LogP contribution >= 0.6 is 0 Å². The largest absolute Gasteiger partial charge is 0.316 e. The predicted molar refractivity (Wildman–Crippen MR) is 82.6 cm³/mol. The van der Waals surface area contributed by atoms with Crippen LogP contribution in [0.3, 0.4) is 0 Å². The highest BCUT2D eigenvalue weighted by atomic mass is 14.9. The minimum atomic E-state index is 0.741. The molecule has 0 bridgehead atoms. The van der Waals surface area contributed by atoms with Crippen molar-refractivity contribution in [1.82, 2.24) is 5.32 Å². The maximum Gasteiger partial charge on any atom is -0.00147 e. The van der Waals surface area contributed by atoms with Crippen molar-refractivity contribution < 1.29 is 0 Å². The van der Waals surface area contributed by atoms with Gasteiger partial charge in [-0.25, -0.2) is 0 Å². The van der Waals surface area contributed by atoms with Gasteiger partial charge in [0.05, 0.1) is 0 Å². The molecule has 0 aromatic heterocycles. The van der Waals surface area contributed by atoms with Crippen LogP contribution in [0.25, 0.3) is 10.8 Å². The fourth-order valence-electron chi connectivity index (χ4n) is 3.47. The Kier molecular flexibility index (Phi) is 3.84. The number of hydrogen-bond donors (Lipinski definition) is 1. The van der Waals surface area contributed by atoms with Gasteiger partial charge in [-0.05, 0) is 54.1 Å². The second-order valence-electron chi connectivity index (χ2n) is 5.75. The van der Waals surface area contributed by atoms with Crippen molar-refractivity contribution in [2.24, 2.45) is 5.92 Å². The van der Waals surface area contributed by atoms with E-state index in [-0.39, 0.29) is 0 Å². The van der Waals surface area contributed by atoms with Crippen LogP contribution in [0.1, 0.15) is 37.7 Å². The van der Waals surface area contributed by atoms with Crippen LogP contribution in [0.4, 0.5) is 0 Å². The lowest BCUT2D eigenvalue weighted by Crippen LogP contribution is -2.35.